The molecule has 5 nitrogen and oxygen atoms in total. The zero-order valence-electron chi connectivity index (χ0n) is 4.87. The minimum atomic E-state index is -0.965. The molecule has 52 valence electrons. The molecule has 1 heterocycles. The van der Waals surface area contributed by atoms with Crippen molar-refractivity contribution in [3.05, 3.63) is 0 Å². The van der Waals surface area contributed by atoms with E-state index in [2.05, 4.69) is 5.32 Å². The Morgan fingerprint density at radius 2 is 2.56 bits per heavy atom. The third kappa shape index (κ3) is 1.11. The van der Waals surface area contributed by atoms with Crippen molar-refractivity contribution in [3.8, 4) is 0 Å². The van der Waals surface area contributed by atoms with Crippen molar-refractivity contribution in [2.45, 2.75) is 6.29 Å². The van der Waals surface area contributed by atoms with Crippen LogP contribution in [-0.2, 0) is 0 Å². The van der Waals surface area contributed by atoms with Crippen LogP contribution >= 0.6 is 0 Å². The van der Waals surface area contributed by atoms with Gasteiger partial charge in [0.25, 0.3) is 0 Å². The normalized spacial score (nSPS) is 26.8. The van der Waals surface area contributed by atoms with E-state index >= 15 is 0 Å². The Morgan fingerprint density at radius 1 is 1.89 bits per heavy atom. The molecule has 1 rings (SSSR count). The van der Waals surface area contributed by atoms with Crippen molar-refractivity contribution in [2.24, 2.45) is 5.73 Å². The van der Waals surface area contributed by atoms with Crippen LogP contribution in [0.1, 0.15) is 0 Å². The van der Waals surface area contributed by atoms with Gasteiger partial charge in [0, 0.05) is 13.1 Å². The second-order valence-corrected chi connectivity index (χ2v) is 1.87. The lowest BCUT2D eigenvalue weighted by atomic mass is 10.6. The summed E-state index contributed by atoms with van der Waals surface area (Å²) in [4.78, 5) is 11.4. The van der Waals surface area contributed by atoms with Gasteiger partial charge in [0.1, 0.15) is 6.29 Å². The summed E-state index contributed by atoms with van der Waals surface area (Å²) in [7, 11) is 0. The first-order valence-corrected chi connectivity index (χ1v) is 2.70. The molecule has 0 radical (unpaired) electrons. The van der Waals surface area contributed by atoms with Gasteiger partial charge in [-0.25, -0.2) is 4.79 Å². The topological polar surface area (TPSA) is 78.6 Å². The van der Waals surface area contributed by atoms with Crippen LogP contribution in [0.25, 0.3) is 0 Å². The second-order valence-electron chi connectivity index (χ2n) is 1.87. The molecule has 4 N–H and O–H groups in total. The van der Waals surface area contributed by atoms with E-state index in [1.165, 1.54) is 0 Å². The molecule has 1 aliphatic rings. The molecule has 1 saturated heterocycles. The summed E-state index contributed by atoms with van der Waals surface area (Å²) in [5.74, 6) is 0. The van der Waals surface area contributed by atoms with Crippen LogP contribution in [0.5, 0.6) is 0 Å². The third-order valence-corrected chi connectivity index (χ3v) is 1.29. The van der Waals surface area contributed by atoms with Gasteiger partial charge in [-0.2, -0.15) is 0 Å². The van der Waals surface area contributed by atoms with E-state index in [1.54, 1.807) is 0 Å². The van der Waals surface area contributed by atoms with Crippen LogP contribution in [0.15, 0.2) is 0 Å². The Kier molecular flexibility index (Phi) is 1.54. The number of carbonyl (C=O) groups is 1. The van der Waals surface area contributed by atoms with Gasteiger partial charge >= 0.3 is 6.09 Å². The van der Waals surface area contributed by atoms with E-state index in [1.807, 2.05) is 0 Å². The maximum atomic E-state index is 10.2. The Hall–Kier alpha value is -0.810. The molecule has 1 unspecified atom stereocenters. The van der Waals surface area contributed by atoms with Crippen LogP contribution in [0.4, 0.5) is 4.79 Å². The van der Waals surface area contributed by atoms with Gasteiger partial charge in [0.05, 0.1) is 0 Å². The first-order chi connectivity index (χ1) is 4.22. The maximum absolute atomic E-state index is 10.2. The van der Waals surface area contributed by atoms with Crippen molar-refractivity contribution < 1.29 is 9.90 Å². The molecular weight excluding hydrogens is 122 g/mol. The fourth-order valence-electron chi connectivity index (χ4n) is 0.797. The number of nitrogens with one attached hydrogen (secondary N) is 1. The zero-order valence-corrected chi connectivity index (χ0v) is 4.87. The van der Waals surface area contributed by atoms with Crippen LogP contribution in [0.3, 0.4) is 0 Å². The molecule has 5 heteroatoms. The molecule has 1 atom stereocenters. The lowest BCUT2D eigenvalue weighted by molar-refractivity contribution is 0.139. The molecule has 0 saturated carbocycles. The average Bonchev–Trinajstić information content (AvgIpc) is 2.13. The average molecular weight is 131 g/mol. The second kappa shape index (κ2) is 2.20. The Morgan fingerprint density at radius 3 is 2.78 bits per heavy atom. The molecule has 0 bridgehead atoms. The van der Waals surface area contributed by atoms with Gasteiger partial charge in [0.2, 0.25) is 0 Å². The maximum Gasteiger partial charge on any atom is 0.409 e. The largest absolute Gasteiger partial charge is 0.465 e. The van der Waals surface area contributed by atoms with Crippen LogP contribution in [-0.4, -0.2) is 35.5 Å². The molecule has 1 fully saturated rings. The molecule has 1 aliphatic heterocycles. The standard InChI is InChI=1S/C4H9N3O2/c5-3-6-1-2-7(3)4(8)9/h3,6H,1-2,5H2,(H,8,9). The quantitative estimate of drug-likeness (QED) is 0.386. The van der Waals surface area contributed by atoms with E-state index in [-0.39, 0.29) is 0 Å². The highest BCUT2D eigenvalue weighted by Gasteiger charge is 2.23. The molecule has 0 spiro atoms. The molecule has 0 aromatic rings. The van der Waals surface area contributed by atoms with Gasteiger partial charge < -0.3 is 5.11 Å². The van der Waals surface area contributed by atoms with Crippen molar-refractivity contribution >= 4 is 6.09 Å². The van der Waals surface area contributed by atoms with Gasteiger partial charge in [-0.1, -0.05) is 0 Å². The predicted molar refractivity (Wildman–Crippen MR) is 30.7 cm³/mol. The molecule has 9 heavy (non-hydrogen) atoms. The lowest BCUT2D eigenvalue weighted by Gasteiger charge is -2.15. The Balaban J connectivity index is 2.49. The summed E-state index contributed by atoms with van der Waals surface area (Å²) in [6.07, 6.45) is -1.48. The first-order valence-electron chi connectivity index (χ1n) is 2.70. The van der Waals surface area contributed by atoms with Crippen molar-refractivity contribution in [1.29, 1.82) is 0 Å². The van der Waals surface area contributed by atoms with E-state index in [9.17, 15) is 4.79 Å². The minimum absolute atomic E-state index is 0.483. The van der Waals surface area contributed by atoms with Gasteiger partial charge in [-0.3, -0.25) is 16.0 Å². The fraction of sp³-hybridized carbons (Fsp3) is 0.750. The summed E-state index contributed by atoms with van der Waals surface area (Å²) in [5.41, 5.74) is 5.31. The molecule has 0 aromatic carbocycles. The number of amides is 1. The molecule has 1 amide bonds. The minimum Gasteiger partial charge on any atom is -0.465 e. The van der Waals surface area contributed by atoms with E-state index < -0.39 is 12.4 Å². The van der Waals surface area contributed by atoms with E-state index in [4.69, 9.17) is 10.8 Å². The summed E-state index contributed by atoms with van der Waals surface area (Å²) in [5, 5.41) is 11.2. The van der Waals surface area contributed by atoms with E-state index in [0.717, 1.165) is 4.90 Å². The Labute approximate surface area is 52.4 Å². The van der Waals surface area contributed by atoms with Crippen molar-refractivity contribution in [1.82, 2.24) is 10.2 Å². The highest BCUT2D eigenvalue weighted by molar-refractivity contribution is 5.65. The number of hydrogen-bond donors (Lipinski definition) is 3. The van der Waals surface area contributed by atoms with Gasteiger partial charge in [-0.05, 0) is 0 Å². The lowest BCUT2D eigenvalue weighted by Crippen LogP contribution is -2.45. The monoisotopic (exact) mass is 131 g/mol. The highest BCUT2D eigenvalue weighted by atomic mass is 16.4. The van der Waals surface area contributed by atoms with Crippen LogP contribution < -0.4 is 11.1 Å². The zero-order chi connectivity index (χ0) is 6.85. The van der Waals surface area contributed by atoms with Crippen LogP contribution in [0.2, 0.25) is 0 Å². The number of carboxylic acid groups (broad SMARTS) is 1. The summed E-state index contributed by atoms with van der Waals surface area (Å²) in [6.45, 7) is 1.13. The van der Waals surface area contributed by atoms with Crippen LogP contribution in [0, 0.1) is 0 Å². The fourth-order valence-corrected chi connectivity index (χ4v) is 0.797. The number of rotatable bonds is 0. The molecular formula is C4H9N3O2. The van der Waals surface area contributed by atoms with Gasteiger partial charge in [0.15, 0.2) is 0 Å². The number of nitrogens with two attached hydrogens (primary N) is 1. The van der Waals surface area contributed by atoms with Crippen molar-refractivity contribution in [2.75, 3.05) is 13.1 Å². The number of nitrogens with zero attached hydrogens (tertiary/aromatic N) is 1. The summed E-state index contributed by atoms with van der Waals surface area (Å²) in [6, 6.07) is 0. The van der Waals surface area contributed by atoms with Crippen molar-refractivity contribution in [3.63, 3.8) is 0 Å². The SMILES string of the molecule is NC1NCCN1C(=O)O. The summed E-state index contributed by atoms with van der Waals surface area (Å²) < 4.78 is 0. The van der Waals surface area contributed by atoms with Gasteiger partial charge in [-0.15, -0.1) is 0 Å². The molecule has 0 aromatic heterocycles. The van der Waals surface area contributed by atoms with E-state index in [0.29, 0.717) is 13.1 Å². The molecule has 0 aliphatic carbocycles. The third-order valence-electron chi connectivity index (χ3n) is 1.29. The Bertz CT molecular complexity index is 127. The predicted octanol–water partition coefficient (Wildman–Crippen LogP) is -1.19. The highest BCUT2D eigenvalue weighted by Crippen LogP contribution is 1.96. The smallest absolute Gasteiger partial charge is 0.409 e. The number of hydrogen-bond acceptors (Lipinski definition) is 3. The first kappa shape index (κ1) is 6.31. The summed E-state index contributed by atoms with van der Waals surface area (Å²) >= 11 is 0.